The second kappa shape index (κ2) is 16.7. The SMILES string of the molecule is CCCN(CCC)S(=O)(=O)c1cccc(-c2nn(-c3ccccc3)cc2C=C(C(=O)Nc2cccc(C(F)(F)F)c2)C(=O)Nc2cccc(C(F)(F)F)c2)c1. The Morgan fingerprint density at radius 2 is 1.25 bits per heavy atom. The number of aromatic nitrogens is 2. The molecule has 288 valence electrons. The average Bonchev–Trinajstić information content (AvgIpc) is 3.57. The first-order valence-corrected chi connectivity index (χ1v) is 18.4. The smallest absolute Gasteiger partial charge is 0.322 e. The normalized spacial score (nSPS) is 12.0. The molecule has 0 radical (unpaired) electrons. The van der Waals surface area contributed by atoms with Gasteiger partial charge in [0.05, 0.1) is 21.7 Å². The molecular weight excluding hydrogens is 749 g/mol. The Hall–Kier alpha value is -5.74. The van der Waals surface area contributed by atoms with E-state index in [1.54, 1.807) is 36.4 Å². The standard InChI is InChI=1S/C39H35F6N5O4S/c1-3-19-49(20-4-2)55(53,54)33-18-8-11-26(21-33)35-27(25-50(48-35)32-16-6-5-7-17-32)22-34(36(51)46-30-14-9-12-28(23-30)38(40,41)42)37(52)47-31-15-10-13-29(24-31)39(43,44)45/h5-18,21-25H,3-4,19-20H2,1-2H3,(H,46,51)(H,47,52). The van der Waals surface area contributed by atoms with Crippen molar-refractivity contribution in [2.75, 3.05) is 23.7 Å². The molecule has 0 aliphatic heterocycles. The number of nitrogens with one attached hydrogen (secondary N) is 2. The third-order valence-electron chi connectivity index (χ3n) is 8.14. The molecule has 0 spiro atoms. The summed E-state index contributed by atoms with van der Waals surface area (Å²) in [6.07, 6.45) is -5.84. The number of anilines is 2. The molecule has 4 aromatic carbocycles. The molecule has 0 aliphatic rings. The zero-order valence-electron chi connectivity index (χ0n) is 29.4. The molecule has 16 heteroatoms. The van der Waals surface area contributed by atoms with E-state index in [2.05, 4.69) is 15.7 Å². The number of carbonyl (C=O) groups is 2. The summed E-state index contributed by atoms with van der Waals surface area (Å²) in [6, 6.07) is 21.9. The van der Waals surface area contributed by atoms with Crippen LogP contribution in [0.5, 0.6) is 0 Å². The highest BCUT2D eigenvalue weighted by molar-refractivity contribution is 7.89. The van der Waals surface area contributed by atoms with Gasteiger partial charge in [-0.15, -0.1) is 0 Å². The summed E-state index contributed by atoms with van der Waals surface area (Å²) in [6.45, 7) is 4.27. The largest absolute Gasteiger partial charge is 0.416 e. The van der Waals surface area contributed by atoms with Crippen LogP contribution in [0.2, 0.25) is 0 Å². The summed E-state index contributed by atoms with van der Waals surface area (Å²) in [4.78, 5) is 27.6. The highest BCUT2D eigenvalue weighted by Gasteiger charge is 2.32. The van der Waals surface area contributed by atoms with Gasteiger partial charge in [0.15, 0.2) is 0 Å². The van der Waals surface area contributed by atoms with Crippen LogP contribution in [0.4, 0.5) is 37.7 Å². The Kier molecular flexibility index (Phi) is 12.3. The van der Waals surface area contributed by atoms with E-state index in [1.807, 2.05) is 13.8 Å². The van der Waals surface area contributed by atoms with Crippen molar-refractivity contribution < 1.29 is 44.3 Å². The van der Waals surface area contributed by atoms with Gasteiger partial charge in [-0.1, -0.05) is 56.3 Å². The first-order chi connectivity index (χ1) is 26.0. The van der Waals surface area contributed by atoms with Crippen LogP contribution in [0.3, 0.4) is 0 Å². The van der Waals surface area contributed by atoms with Gasteiger partial charge in [0, 0.05) is 41.8 Å². The van der Waals surface area contributed by atoms with Gasteiger partial charge in [-0.05, 0) is 79.6 Å². The molecule has 0 bridgehead atoms. The highest BCUT2D eigenvalue weighted by Crippen LogP contribution is 2.33. The van der Waals surface area contributed by atoms with Crippen molar-refractivity contribution in [2.45, 2.75) is 43.9 Å². The van der Waals surface area contributed by atoms with Crippen molar-refractivity contribution in [2.24, 2.45) is 0 Å². The third kappa shape index (κ3) is 9.88. The molecule has 0 saturated carbocycles. The van der Waals surface area contributed by atoms with E-state index in [0.29, 0.717) is 30.7 Å². The fraction of sp³-hybridized carbons (Fsp3) is 0.205. The van der Waals surface area contributed by atoms with Crippen LogP contribution in [0.25, 0.3) is 23.0 Å². The second-order valence-corrected chi connectivity index (χ2v) is 14.2. The van der Waals surface area contributed by atoms with Crippen LogP contribution >= 0.6 is 0 Å². The molecule has 1 aromatic heterocycles. The van der Waals surface area contributed by atoms with Crippen molar-refractivity contribution in [3.63, 3.8) is 0 Å². The van der Waals surface area contributed by atoms with Crippen LogP contribution in [0.1, 0.15) is 43.4 Å². The second-order valence-electron chi connectivity index (χ2n) is 12.3. The Labute approximate surface area is 313 Å². The van der Waals surface area contributed by atoms with Gasteiger partial charge in [0.25, 0.3) is 11.8 Å². The van der Waals surface area contributed by atoms with Gasteiger partial charge in [0.2, 0.25) is 10.0 Å². The first kappa shape index (κ1) is 40.4. The molecule has 5 aromatic rings. The number of nitrogens with zero attached hydrogens (tertiary/aromatic N) is 3. The van der Waals surface area contributed by atoms with E-state index in [0.717, 1.165) is 30.3 Å². The summed E-state index contributed by atoms with van der Waals surface area (Å²) >= 11 is 0. The molecule has 5 rings (SSSR count). The predicted molar refractivity (Wildman–Crippen MR) is 196 cm³/mol. The lowest BCUT2D eigenvalue weighted by atomic mass is 10.0. The maximum absolute atomic E-state index is 13.8. The van der Waals surface area contributed by atoms with Crippen LogP contribution in [0, 0.1) is 0 Å². The lowest BCUT2D eigenvalue weighted by Crippen LogP contribution is -2.32. The lowest BCUT2D eigenvalue weighted by molar-refractivity contribution is -0.138. The topological polar surface area (TPSA) is 113 Å². The van der Waals surface area contributed by atoms with Crippen molar-refractivity contribution >= 4 is 39.3 Å². The van der Waals surface area contributed by atoms with Crippen molar-refractivity contribution in [1.82, 2.24) is 14.1 Å². The van der Waals surface area contributed by atoms with E-state index in [-0.39, 0.29) is 46.2 Å². The number of amides is 2. The van der Waals surface area contributed by atoms with Crippen LogP contribution < -0.4 is 10.6 Å². The quantitative estimate of drug-likeness (QED) is 0.0536. The van der Waals surface area contributed by atoms with E-state index < -0.39 is 50.9 Å². The molecule has 2 N–H and O–H groups in total. The van der Waals surface area contributed by atoms with Gasteiger partial charge < -0.3 is 10.6 Å². The summed E-state index contributed by atoms with van der Waals surface area (Å²) in [5.41, 5.74) is -2.52. The number of hydrogen-bond donors (Lipinski definition) is 2. The van der Waals surface area contributed by atoms with E-state index in [4.69, 9.17) is 0 Å². The molecule has 2 amide bonds. The number of para-hydroxylation sites is 1. The average molecular weight is 784 g/mol. The minimum absolute atomic E-state index is 0.0408. The molecule has 0 saturated heterocycles. The van der Waals surface area contributed by atoms with Crippen molar-refractivity contribution in [3.8, 4) is 16.9 Å². The Bertz CT molecular complexity index is 2230. The number of carbonyl (C=O) groups excluding carboxylic acids is 2. The fourth-order valence-corrected chi connectivity index (χ4v) is 7.24. The maximum atomic E-state index is 13.8. The van der Waals surface area contributed by atoms with E-state index >= 15 is 0 Å². The van der Waals surface area contributed by atoms with Crippen molar-refractivity contribution in [3.05, 3.63) is 132 Å². The van der Waals surface area contributed by atoms with Gasteiger partial charge in [-0.2, -0.15) is 35.7 Å². The first-order valence-electron chi connectivity index (χ1n) is 17.0. The third-order valence-corrected chi connectivity index (χ3v) is 10.0. The number of sulfonamides is 1. The van der Waals surface area contributed by atoms with Crippen LogP contribution in [-0.4, -0.2) is 47.4 Å². The summed E-state index contributed by atoms with van der Waals surface area (Å²) in [7, 11) is -3.97. The molecule has 0 unspecified atom stereocenters. The number of hydrogen-bond acceptors (Lipinski definition) is 5. The molecule has 0 aliphatic carbocycles. The zero-order chi connectivity index (χ0) is 40.0. The Balaban J connectivity index is 1.66. The maximum Gasteiger partial charge on any atom is 0.416 e. The monoisotopic (exact) mass is 783 g/mol. The summed E-state index contributed by atoms with van der Waals surface area (Å²) < 4.78 is 111. The molecule has 9 nitrogen and oxygen atoms in total. The van der Waals surface area contributed by atoms with E-state index in [1.165, 1.54) is 45.5 Å². The van der Waals surface area contributed by atoms with Gasteiger partial charge in [0.1, 0.15) is 11.3 Å². The summed E-state index contributed by atoms with van der Waals surface area (Å²) in [5, 5.41) is 9.22. The van der Waals surface area contributed by atoms with Gasteiger partial charge in [-0.3, -0.25) is 9.59 Å². The van der Waals surface area contributed by atoms with Gasteiger partial charge >= 0.3 is 12.4 Å². The number of rotatable bonds is 13. The number of alkyl halides is 6. The minimum Gasteiger partial charge on any atom is -0.322 e. The molecule has 55 heavy (non-hydrogen) atoms. The zero-order valence-corrected chi connectivity index (χ0v) is 30.3. The highest BCUT2D eigenvalue weighted by atomic mass is 32.2. The molecule has 1 heterocycles. The Morgan fingerprint density at radius 1 is 0.727 bits per heavy atom. The Morgan fingerprint density at radius 3 is 1.76 bits per heavy atom. The van der Waals surface area contributed by atoms with Crippen LogP contribution in [0.15, 0.2) is 120 Å². The van der Waals surface area contributed by atoms with Crippen LogP contribution in [-0.2, 0) is 32.0 Å². The summed E-state index contributed by atoms with van der Waals surface area (Å²) in [5.74, 6) is -2.40. The number of halogens is 6. The predicted octanol–water partition coefficient (Wildman–Crippen LogP) is 9.05. The minimum atomic E-state index is -4.76. The lowest BCUT2D eigenvalue weighted by Gasteiger charge is -2.21. The van der Waals surface area contributed by atoms with E-state index in [9.17, 15) is 44.3 Å². The molecular formula is C39H35F6N5O4S. The number of benzene rings is 4. The van der Waals surface area contributed by atoms with Gasteiger partial charge in [-0.25, -0.2) is 13.1 Å². The fourth-order valence-electron chi connectivity index (χ4n) is 5.57. The molecule has 0 atom stereocenters. The van der Waals surface area contributed by atoms with Crippen molar-refractivity contribution in [1.29, 1.82) is 0 Å². The molecule has 0 fully saturated rings.